The highest BCUT2D eigenvalue weighted by Gasteiger charge is 2.11. The highest BCUT2D eigenvalue weighted by atomic mass is 127. The molecule has 0 aliphatic heterocycles. The Morgan fingerprint density at radius 3 is 2.50 bits per heavy atom. The van der Waals surface area contributed by atoms with Crippen LogP contribution in [-0.4, -0.2) is 19.0 Å². The first-order valence-corrected chi connectivity index (χ1v) is 5.51. The van der Waals surface area contributed by atoms with Gasteiger partial charge in [0, 0.05) is 17.1 Å². The van der Waals surface area contributed by atoms with Crippen molar-refractivity contribution in [2.75, 3.05) is 7.11 Å². The van der Waals surface area contributed by atoms with E-state index in [4.69, 9.17) is 4.74 Å². The highest BCUT2D eigenvalue weighted by Crippen LogP contribution is 2.08. The molecule has 0 heterocycles. The van der Waals surface area contributed by atoms with Gasteiger partial charge in [-0.3, -0.25) is 4.79 Å². The Hall–Kier alpha value is -0.420. The fourth-order valence-electron chi connectivity index (χ4n) is 1.08. The lowest BCUT2D eigenvalue weighted by Crippen LogP contribution is -2.20. The van der Waals surface area contributed by atoms with E-state index in [1.165, 1.54) is 3.57 Å². The molecule has 1 atom stereocenters. The van der Waals surface area contributed by atoms with Crippen LogP contribution in [0.1, 0.15) is 12.5 Å². The second kappa shape index (κ2) is 5.46. The number of Topliss-reactive ketones (excluding diaryl/α,β-unsaturated/α-hetero) is 1. The normalized spacial score (nSPS) is 12.5. The minimum absolute atomic E-state index is 0.119. The van der Waals surface area contributed by atoms with Crippen LogP contribution in [0.3, 0.4) is 0 Å². The third kappa shape index (κ3) is 3.38. The van der Waals surface area contributed by atoms with Crippen LogP contribution in [-0.2, 0) is 16.0 Å². The van der Waals surface area contributed by atoms with Crippen molar-refractivity contribution in [2.24, 2.45) is 0 Å². The Balaban J connectivity index is 2.60. The van der Waals surface area contributed by atoms with Gasteiger partial charge in [0.1, 0.15) is 6.10 Å². The lowest BCUT2D eigenvalue weighted by Gasteiger charge is -2.07. The highest BCUT2D eigenvalue weighted by molar-refractivity contribution is 14.1. The van der Waals surface area contributed by atoms with Crippen LogP contribution in [0.25, 0.3) is 0 Å². The largest absolute Gasteiger partial charge is 0.374 e. The molecule has 0 radical (unpaired) electrons. The SMILES string of the molecule is COC(C)C(=O)Cc1ccc(I)cc1. The van der Waals surface area contributed by atoms with E-state index in [0.29, 0.717) is 6.42 Å². The maximum Gasteiger partial charge on any atom is 0.165 e. The Bertz CT molecular complexity index is 306. The molecule has 0 aliphatic rings. The number of hydrogen-bond donors (Lipinski definition) is 0. The van der Waals surface area contributed by atoms with Gasteiger partial charge in [-0.2, -0.15) is 0 Å². The van der Waals surface area contributed by atoms with Crippen molar-refractivity contribution in [1.82, 2.24) is 0 Å². The molecule has 1 aromatic carbocycles. The van der Waals surface area contributed by atoms with E-state index in [1.807, 2.05) is 24.3 Å². The van der Waals surface area contributed by atoms with Gasteiger partial charge in [-0.15, -0.1) is 0 Å². The minimum Gasteiger partial charge on any atom is -0.374 e. The molecular formula is C11H13IO2. The molecule has 76 valence electrons. The fourth-order valence-corrected chi connectivity index (χ4v) is 1.44. The number of benzene rings is 1. The van der Waals surface area contributed by atoms with E-state index in [9.17, 15) is 4.79 Å². The number of carbonyl (C=O) groups excluding carboxylic acids is 1. The summed E-state index contributed by atoms with van der Waals surface area (Å²) in [6, 6.07) is 7.95. The molecule has 0 amide bonds. The van der Waals surface area contributed by atoms with E-state index in [0.717, 1.165) is 5.56 Å². The number of ether oxygens (including phenoxy) is 1. The van der Waals surface area contributed by atoms with Crippen molar-refractivity contribution in [3.8, 4) is 0 Å². The smallest absolute Gasteiger partial charge is 0.165 e. The molecule has 14 heavy (non-hydrogen) atoms. The average molecular weight is 304 g/mol. The molecule has 0 fully saturated rings. The van der Waals surface area contributed by atoms with Gasteiger partial charge in [0.05, 0.1) is 0 Å². The molecule has 0 saturated carbocycles. The maximum absolute atomic E-state index is 11.5. The average Bonchev–Trinajstić information content (AvgIpc) is 2.20. The van der Waals surface area contributed by atoms with Crippen molar-refractivity contribution in [2.45, 2.75) is 19.4 Å². The number of carbonyl (C=O) groups is 1. The zero-order valence-corrected chi connectivity index (χ0v) is 10.4. The van der Waals surface area contributed by atoms with Gasteiger partial charge in [0.2, 0.25) is 0 Å². The van der Waals surface area contributed by atoms with Gasteiger partial charge in [-0.05, 0) is 47.2 Å². The van der Waals surface area contributed by atoms with Crippen molar-refractivity contribution < 1.29 is 9.53 Å². The Labute approximate surface area is 97.8 Å². The predicted octanol–water partition coefficient (Wildman–Crippen LogP) is 2.44. The van der Waals surface area contributed by atoms with Crippen molar-refractivity contribution in [3.63, 3.8) is 0 Å². The summed E-state index contributed by atoms with van der Waals surface area (Å²) in [5, 5.41) is 0. The number of halogens is 1. The topological polar surface area (TPSA) is 26.3 Å². The molecule has 3 heteroatoms. The van der Waals surface area contributed by atoms with E-state index in [-0.39, 0.29) is 11.9 Å². The Kier molecular flexibility index (Phi) is 4.54. The Morgan fingerprint density at radius 1 is 1.43 bits per heavy atom. The first kappa shape index (κ1) is 11.7. The van der Waals surface area contributed by atoms with Gasteiger partial charge in [-0.1, -0.05) is 12.1 Å². The Morgan fingerprint density at radius 2 is 2.00 bits per heavy atom. The number of hydrogen-bond acceptors (Lipinski definition) is 2. The molecule has 0 aliphatic carbocycles. The standard InChI is InChI=1S/C11H13IO2/c1-8(14-2)11(13)7-9-3-5-10(12)6-4-9/h3-6,8H,7H2,1-2H3. The minimum atomic E-state index is -0.311. The first-order valence-electron chi connectivity index (χ1n) is 4.43. The molecule has 1 rings (SSSR count). The lowest BCUT2D eigenvalue weighted by atomic mass is 10.1. The molecule has 0 N–H and O–H groups in total. The summed E-state index contributed by atoms with van der Waals surface area (Å²) in [7, 11) is 1.55. The van der Waals surface area contributed by atoms with Crippen LogP contribution in [0.2, 0.25) is 0 Å². The van der Waals surface area contributed by atoms with Crippen LogP contribution < -0.4 is 0 Å². The zero-order valence-electron chi connectivity index (χ0n) is 8.29. The van der Waals surface area contributed by atoms with Crippen LogP contribution >= 0.6 is 22.6 Å². The molecule has 0 aromatic heterocycles. The summed E-state index contributed by atoms with van der Waals surface area (Å²) in [5.41, 5.74) is 1.04. The van der Waals surface area contributed by atoms with Crippen LogP contribution in [0.5, 0.6) is 0 Å². The monoisotopic (exact) mass is 304 g/mol. The summed E-state index contributed by atoms with van der Waals surface area (Å²) in [4.78, 5) is 11.5. The quantitative estimate of drug-likeness (QED) is 0.799. The van der Waals surface area contributed by atoms with Crippen molar-refractivity contribution in [1.29, 1.82) is 0 Å². The molecule has 1 unspecified atom stereocenters. The lowest BCUT2D eigenvalue weighted by molar-refractivity contribution is -0.127. The second-order valence-electron chi connectivity index (χ2n) is 3.15. The van der Waals surface area contributed by atoms with Gasteiger partial charge in [0.15, 0.2) is 5.78 Å². The summed E-state index contributed by atoms with van der Waals surface area (Å²) in [6.45, 7) is 1.77. The summed E-state index contributed by atoms with van der Waals surface area (Å²) < 4.78 is 6.14. The first-order chi connectivity index (χ1) is 6.63. The van der Waals surface area contributed by atoms with Crippen molar-refractivity contribution >= 4 is 28.4 Å². The molecule has 0 saturated heterocycles. The maximum atomic E-state index is 11.5. The molecule has 0 spiro atoms. The van der Waals surface area contributed by atoms with Gasteiger partial charge >= 0.3 is 0 Å². The van der Waals surface area contributed by atoms with Crippen molar-refractivity contribution in [3.05, 3.63) is 33.4 Å². The third-order valence-electron chi connectivity index (χ3n) is 2.10. The number of rotatable bonds is 4. The predicted molar refractivity (Wildman–Crippen MR) is 64.3 cm³/mol. The molecule has 0 bridgehead atoms. The second-order valence-corrected chi connectivity index (χ2v) is 4.39. The van der Waals surface area contributed by atoms with Crippen LogP contribution in [0, 0.1) is 3.57 Å². The molecule has 1 aromatic rings. The molecule has 2 nitrogen and oxygen atoms in total. The third-order valence-corrected chi connectivity index (χ3v) is 2.82. The van der Waals surface area contributed by atoms with Gasteiger partial charge in [0.25, 0.3) is 0 Å². The van der Waals surface area contributed by atoms with Crippen LogP contribution in [0.4, 0.5) is 0 Å². The zero-order chi connectivity index (χ0) is 10.6. The van der Waals surface area contributed by atoms with E-state index >= 15 is 0 Å². The van der Waals surface area contributed by atoms with Crippen LogP contribution in [0.15, 0.2) is 24.3 Å². The van der Waals surface area contributed by atoms with E-state index in [1.54, 1.807) is 14.0 Å². The number of ketones is 1. The van der Waals surface area contributed by atoms with E-state index in [2.05, 4.69) is 22.6 Å². The summed E-state index contributed by atoms with van der Waals surface area (Å²) in [6.07, 6.45) is 0.139. The number of methoxy groups -OCH3 is 1. The summed E-state index contributed by atoms with van der Waals surface area (Å²) in [5.74, 6) is 0.119. The van der Waals surface area contributed by atoms with E-state index < -0.39 is 0 Å². The summed E-state index contributed by atoms with van der Waals surface area (Å²) >= 11 is 2.24. The molecular weight excluding hydrogens is 291 g/mol. The fraction of sp³-hybridized carbons (Fsp3) is 0.364. The van der Waals surface area contributed by atoms with Gasteiger partial charge in [-0.25, -0.2) is 0 Å². The van der Waals surface area contributed by atoms with Gasteiger partial charge < -0.3 is 4.74 Å².